The molecule has 1 aromatic heterocycles. The molecule has 1 atom stereocenters. The van der Waals surface area contributed by atoms with Gasteiger partial charge in [-0.3, -0.25) is 0 Å². The summed E-state index contributed by atoms with van der Waals surface area (Å²) < 4.78 is 11.7. The van der Waals surface area contributed by atoms with E-state index in [4.69, 9.17) is 0 Å². The van der Waals surface area contributed by atoms with Crippen molar-refractivity contribution in [3.63, 3.8) is 0 Å². The summed E-state index contributed by atoms with van der Waals surface area (Å²) in [5.74, 6) is 0. The largest absolute Gasteiger partial charge is 0.272 e. The highest BCUT2D eigenvalue weighted by molar-refractivity contribution is 7.22. The van der Waals surface area contributed by atoms with Crippen LogP contribution < -0.4 is 0 Å². The van der Waals surface area contributed by atoms with Gasteiger partial charge in [-0.15, -0.1) is 0 Å². The van der Waals surface area contributed by atoms with Crippen molar-refractivity contribution in [1.82, 2.24) is 4.98 Å². The van der Waals surface area contributed by atoms with E-state index in [2.05, 4.69) is 4.98 Å². The Hall–Kier alpha value is -0.440. The fourth-order valence-electron chi connectivity index (χ4n) is 0.222. The Kier molecular flexibility index (Phi) is 0.837. The topological polar surface area (TPSA) is 12.9 Å². The van der Waals surface area contributed by atoms with E-state index >= 15 is 0 Å². The predicted octanol–water partition coefficient (Wildman–Crippen LogP) is 1.56. The Morgan fingerprint density at radius 1 is 1.67 bits per heavy atom. The minimum absolute atomic E-state index is 1.15. The summed E-state index contributed by atoms with van der Waals surface area (Å²) in [4.78, 5) is 3.50. The van der Waals surface area contributed by atoms with E-state index < -0.39 is 10.9 Å². The van der Waals surface area contributed by atoms with Gasteiger partial charge < -0.3 is 0 Å². The van der Waals surface area contributed by atoms with E-state index in [1.54, 1.807) is 0 Å². The smallest absolute Gasteiger partial charge is 0.205 e. The maximum absolute atomic E-state index is 11.7. The Labute approximate surface area is 37.7 Å². The molecule has 0 radical (unpaired) electrons. The molecule has 0 amide bonds. The van der Waals surface area contributed by atoms with E-state index in [-0.39, 0.29) is 0 Å². The second-order valence-electron chi connectivity index (χ2n) is 0.854. The molecule has 1 aromatic rings. The maximum Gasteiger partial charge on any atom is 0.272 e. The first-order valence-corrected chi connectivity index (χ1v) is 2.73. The predicted molar refractivity (Wildman–Crippen MR) is 23.2 cm³/mol. The first-order chi connectivity index (χ1) is 2.89. The quantitative estimate of drug-likeness (QED) is 0.455. The fourth-order valence-corrected chi connectivity index (χ4v) is 0.665. The molecule has 1 heterocycles. The van der Waals surface area contributed by atoms with Crippen LogP contribution in [0.25, 0.3) is 0 Å². The van der Waals surface area contributed by atoms with E-state index in [0.717, 1.165) is 0 Å². The zero-order valence-corrected chi connectivity index (χ0v) is 3.78. The second kappa shape index (κ2) is 1.34. The first-order valence-electron chi connectivity index (χ1n) is 1.48. The van der Waals surface area contributed by atoms with E-state index in [1.807, 2.05) is 0 Å². The number of hydrogen-bond acceptors (Lipinski definition) is 1. The number of thiazole rings is 1. The number of halogens is 1. The molecular weight excluding hydrogens is 101 g/mol. The van der Waals surface area contributed by atoms with Crippen LogP contribution in [-0.4, -0.2) is 4.98 Å². The lowest BCUT2D eigenvalue weighted by Gasteiger charge is -1.43. The zero-order chi connectivity index (χ0) is 4.41. The highest BCUT2D eigenvalue weighted by atomic mass is 32.2. The highest BCUT2D eigenvalue weighted by Crippen LogP contribution is 2.12. The molecule has 1 nitrogen and oxygen atoms in total. The van der Waals surface area contributed by atoms with Crippen molar-refractivity contribution >= 4 is 10.9 Å². The SMILES string of the molecule is F[s+]1ccnc1. The Balaban J connectivity index is 3.05. The maximum atomic E-state index is 11.7. The van der Waals surface area contributed by atoms with Gasteiger partial charge in [0.15, 0.2) is 0 Å². The van der Waals surface area contributed by atoms with Crippen molar-refractivity contribution in [2.24, 2.45) is 0 Å². The summed E-state index contributed by atoms with van der Waals surface area (Å²) in [6.45, 7) is 0. The molecule has 1 unspecified atom stereocenters. The number of nitrogens with zero attached hydrogens (tertiary/aromatic N) is 1. The van der Waals surface area contributed by atoms with Crippen LogP contribution in [0.1, 0.15) is 0 Å². The van der Waals surface area contributed by atoms with Gasteiger partial charge in [-0.1, -0.05) is 0 Å². The van der Waals surface area contributed by atoms with Crippen molar-refractivity contribution in [2.45, 2.75) is 0 Å². The lowest BCUT2D eigenvalue weighted by molar-refractivity contribution is 0.914. The minimum atomic E-state index is -1.15. The highest BCUT2D eigenvalue weighted by Gasteiger charge is 1.94. The van der Waals surface area contributed by atoms with Crippen LogP contribution in [0, 0.1) is 0 Å². The molecule has 0 fully saturated rings. The lowest BCUT2D eigenvalue weighted by atomic mass is 11.0. The van der Waals surface area contributed by atoms with Gasteiger partial charge in [-0.25, -0.2) is 4.98 Å². The summed E-state index contributed by atoms with van der Waals surface area (Å²) in [5, 5.41) is 1.42. The minimum Gasteiger partial charge on any atom is -0.205 e. The summed E-state index contributed by atoms with van der Waals surface area (Å²) in [5.41, 5.74) is 1.28. The standard InChI is InChI=1S/C3H3FNS/c4-6-2-1-5-3-6/h1-3H/q+1. The van der Waals surface area contributed by atoms with Gasteiger partial charge in [-0.05, 0) is 0 Å². The molecule has 0 aliphatic carbocycles. The molecule has 6 heavy (non-hydrogen) atoms. The van der Waals surface area contributed by atoms with Crippen LogP contribution in [0.4, 0.5) is 3.89 Å². The summed E-state index contributed by atoms with van der Waals surface area (Å²) >= 11 is 0. The molecule has 0 N–H and O–H groups in total. The molecule has 0 aliphatic rings. The van der Waals surface area contributed by atoms with Crippen molar-refractivity contribution in [1.29, 1.82) is 0 Å². The van der Waals surface area contributed by atoms with Gasteiger partial charge in [-0.2, -0.15) is 0 Å². The number of rotatable bonds is 0. The van der Waals surface area contributed by atoms with Crippen LogP contribution in [0.5, 0.6) is 0 Å². The monoisotopic (exact) mass is 104 g/mol. The Morgan fingerprint density at radius 3 is 2.67 bits per heavy atom. The normalized spacial score (nSPS) is 11.8. The summed E-state index contributed by atoms with van der Waals surface area (Å²) in [7, 11) is -1.15. The Bertz CT molecular complexity index is 114. The summed E-state index contributed by atoms with van der Waals surface area (Å²) in [6, 6.07) is 0. The number of hydrogen-bond donors (Lipinski definition) is 0. The Morgan fingerprint density at radius 2 is 2.50 bits per heavy atom. The second-order valence-corrected chi connectivity index (χ2v) is 1.97. The van der Waals surface area contributed by atoms with E-state index in [0.29, 0.717) is 0 Å². The third-order valence-electron chi connectivity index (χ3n) is 0.438. The molecule has 0 aliphatic heterocycles. The van der Waals surface area contributed by atoms with Gasteiger partial charge in [0.2, 0.25) is 16.2 Å². The van der Waals surface area contributed by atoms with Crippen molar-refractivity contribution in [2.75, 3.05) is 0 Å². The van der Waals surface area contributed by atoms with Crippen LogP contribution in [0.3, 0.4) is 0 Å². The fraction of sp³-hybridized carbons (Fsp3) is 0. The van der Waals surface area contributed by atoms with Crippen LogP contribution in [-0.2, 0) is 0 Å². The van der Waals surface area contributed by atoms with Crippen LogP contribution in [0.2, 0.25) is 0 Å². The molecule has 32 valence electrons. The molecule has 1 rings (SSSR count). The average Bonchev–Trinajstić information content (AvgIpc) is 1.86. The van der Waals surface area contributed by atoms with Crippen molar-refractivity contribution < 1.29 is 3.89 Å². The van der Waals surface area contributed by atoms with Crippen LogP contribution in [0.15, 0.2) is 17.1 Å². The third-order valence-corrected chi connectivity index (χ3v) is 1.14. The third kappa shape index (κ3) is 0.542. The molecule has 0 aromatic carbocycles. The van der Waals surface area contributed by atoms with Gasteiger partial charge in [0.1, 0.15) is 0 Å². The van der Waals surface area contributed by atoms with Gasteiger partial charge in [0.05, 0.1) is 6.20 Å². The first kappa shape index (κ1) is 3.74. The van der Waals surface area contributed by atoms with Crippen molar-refractivity contribution in [3.8, 4) is 0 Å². The molecule has 0 saturated carbocycles. The van der Waals surface area contributed by atoms with E-state index in [1.165, 1.54) is 17.1 Å². The molecule has 0 bridgehead atoms. The molecule has 0 saturated heterocycles. The number of aromatic nitrogens is 1. The molecule has 3 heteroatoms. The van der Waals surface area contributed by atoms with E-state index in [9.17, 15) is 3.89 Å². The van der Waals surface area contributed by atoms with Crippen LogP contribution >= 0.6 is 10.9 Å². The van der Waals surface area contributed by atoms with Gasteiger partial charge in [0.25, 0.3) is 5.51 Å². The van der Waals surface area contributed by atoms with Gasteiger partial charge >= 0.3 is 0 Å². The van der Waals surface area contributed by atoms with Crippen molar-refractivity contribution in [3.05, 3.63) is 17.1 Å². The average molecular weight is 104 g/mol. The van der Waals surface area contributed by atoms with Gasteiger partial charge in [0, 0.05) is 3.89 Å². The summed E-state index contributed by atoms with van der Waals surface area (Å²) in [6.07, 6.45) is 1.46. The lowest BCUT2D eigenvalue weighted by Crippen LogP contribution is -1.39. The molecule has 0 spiro atoms. The molecular formula is C3H3FNS+. The zero-order valence-electron chi connectivity index (χ0n) is 2.97.